The van der Waals surface area contributed by atoms with E-state index in [1.165, 1.54) is 25.8 Å². The van der Waals surface area contributed by atoms with Crippen molar-refractivity contribution in [1.82, 2.24) is 10.2 Å². The van der Waals surface area contributed by atoms with Crippen molar-refractivity contribution in [3.63, 3.8) is 0 Å². The predicted molar refractivity (Wildman–Crippen MR) is 141 cm³/mol. The van der Waals surface area contributed by atoms with Gasteiger partial charge in [0.25, 0.3) is 0 Å². The third-order valence-electron chi connectivity index (χ3n) is 8.29. The molecule has 196 valence electrons. The van der Waals surface area contributed by atoms with Gasteiger partial charge in [0, 0.05) is 37.5 Å². The number of ether oxygens (including phenoxy) is 1. The van der Waals surface area contributed by atoms with Crippen LogP contribution in [0.1, 0.15) is 56.6 Å². The first-order valence-corrected chi connectivity index (χ1v) is 13.3. The Hall–Kier alpha value is -3.32. The molecule has 0 unspecified atom stereocenters. The van der Waals surface area contributed by atoms with Crippen molar-refractivity contribution in [3.8, 4) is 11.5 Å². The molecule has 7 heteroatoms. The van der Waals surface area contributed by atoms with Crippen LogP contribution in [0.3, 0.4) is 0 Å². The molecule has 3 aliphatic rings. The second kappa shape index (κ2) is 10.2. The van der Waals surface area contributed by atoms with Crippen LogP contribution >= 0.6 is 0 Å². The van der Waals surface area contributed by atoms with Crippen LogP contribution in [0.4, 0.5) is 0 Å². The van der Waals surface area contributed by atoms with Crippen LogP contribution < -0.4 is 5.32 Å². The smallest absolute Gasteiger partial charge is 0.303 e. The lowest BCUT2D eigenvalue weighted by molar-refractivity contribution is -0.187. The number of piperidine rings is 1. The molecule has 3 fully saturated rings. The Balaban J connectivity index is 1.42. The number of benzene rings is 2. The van der Waals surface area contributed by atoms with E-state index >= 15 is 0 Å². The molecule has 1 heterocycles. The molecule has 37 heavy (non-hydrogen) atoms. The third-order valence-corrected chi connectivity index (χ3v) is 8.29. The Labute approximate surface area is 218 Å². The normalized spacial score (nSPS) is 28.0. The van der Waals surface area contributed by atoms with E-state index in [1.54, 1.807) is 36.4 Å². The number of aromatic hydroxyl groups is 2. The first-order chi connectivity index (χ1) is 17.8. The summed E-state index contributed by atoms with van der Waals surface area (Å²) in [4.78, 5) is 27.8. The van der Waals surface area contributed by atoms with Gasteiger partial charge in [0.2, 0.25) is 5.91 Å². The molecule has 3 atom stereocenters. The monoisotopic (exact) mass is 504 g/mol. The maximum Gasteiger partial charge on any atom is 0.303 e. The number of phenolic OH excluding ortho intramolecular Hbond substituents is 2. The molecule has 1 amide bonds. The number of hydrogen-bond donors (Lipinski definition) is 3. The minimum atomic E-state index is -0.724. The Kier molecular flexibility index (Phi) is 6.99. The number of carbonyl (C=O) groups excluding carboxylic acids is 2. The second-order valence-corrected chi connectivity index (χ2v) is 11.0. The summed E-state index contributed by atoms with van der Waals surface area (Å²) >= 11 is 0. The molecule has 2 aliphatic carbocycles. The molecule has 2 aromatic carbocycles. The molecule has 3 N–H and O–H groups in total. The van der Waals surface area contributed by atoms with E-state index in [0.717, 1.165) is 36.6 Å². The summed E-state index contributed by atoms with van der Waals surface area (Å²) in [6.07, 6.45) is 8.42. The van der Waals surface area contributed by atoms with Crippen LogP contribution in [-0.4, -0.2) is 58.3 Å². The zero-order chi connectivity index (χ0) is 26.0. The van der Waals surface area contributed by atoms with Crippen LogP contribution in [-0.2, 0) is 19.7 Å². The molecule has 2 aromatic rings. The SMILES string of the molecule is CC(=O)O[C@]12CC[C@@H](NC(=O)C=Cc3cccc(O)c3)C[C@]1(c1cccc(O)c1)CCN(CC1CC1)C2. The molecule has 0 radical (unpaired) electrons. The number of fused-ring (bicyclic) bond motifs is 1. The van der Waals surface area contributed by atoms with E-state index in [0.29, 0.717) is 25.8 Å². The topological polar surface area (TPSA) is 99.1 Å². The Morgan fingerprint density at radius 2 is 1.84 bits per heavy atom. The van der Waals surface area contributed by atoms with Crippen LogP contribution in [0, 0.1) is 5.92 Å². The molecular formula is C30H36N2O5. The molecule has 7 nitrogen and oxygen atoms in total. The number of carbonyl (C=O) groups is 2. The Bertz CT molecular complexity index is 1190. The van der Waals surface area contributed by atoms with E-state index in [4.69, 9.17) is 4.74 Å². The first-order valence-electron chi connectivity index (χ1n) is 13.3. The maximum absolute atomic E-state index is 12.9. The largest absolute Gasteiger partial charge is 0.508 e. The van der Waals surface area contributed by atoms with Gasteiger partial charge in [-0.2, -0.15) is 0 Å². The summed E-state index contributed by atoms with van der Waals surface area (Å²) in [5.41, 5.74) is 0.446. The van der Waals surface area contributed by atoms with Crippen LogP contribution in [0.2, 0.25) is 0 Å². The van der Waals surface area contributed by atoms with Crippen LogP contribution in [0.15, 0.2) is 54.6 Å². The molecule has 0 bridgehead atoms. The highest BCUT2D eigenvalue weighted by molar-refractivity contribution is 5.92. The van der Waals surface area contributed by atoms with Gasteiger partial charge in [-0.15, -0.1) is 0 Å². The lowest BCUT2D eigenvalue weighted by Gasteiger charge is -2.59. The summed E-state index contributed by atoms with van der Waals surface area (Å²) in [7, 11) is 0. The quantitative estimate of drug-likeness (QED) is 0.387. The van der Waals surface area contributed by atoms with E-state index in [2.05, 4.69) is 10.2 Å². The summed E-state index contributed by atoms with van der Waals surface area (Å²) in [5, 5.41) is 23.2. The van der Waals surface area contributed by atoms with Crippen molar-refractivity contribution >= 4 is 18.0 Å². The van der Waals surface area contributed by atoms with Gasteiger partial charge in [-0.3, -0.25) is 14.5 Å². The highest BCUT2D eigenvalue weighted by Gasteiger charge is 2.61. The van der Waals surface area contributed by atoms with E-state index in [1.807, 2.05) is 18.2 Å². The number of amides is 1. The molecule has 0 spiro atoms. The van der Waals surface area contributed by atoms with Crippen molar-refractivity contribution < 1.29 is 24.5 Å². The number of esters is 1. The number of hydrogen-bond acceptors (Lipinski definition) is 6. The minimum Gasteiger partial charge on any atom is -0.508 e. The van der Waals surface area contributed by atoms with Gasteiger partial charge in [-0.25, -0.2) is 0 Å². The van der Waals surface area contributed by atoms with Gasteiger partial charge in [0.1, 0.15) is 17.1 Å². The van der Waals surface area contributed by atoms with Gasteiger partial charge in [0.15, 0.2) is 0 Å². The molecule has 1 saturated heterocycles. The summed E-state index contributed by atoms with van der Waals surface area (Å²) < 4.78 is 6.27. The Morgan fingerprint density at radius 1 is 1.08 bits per heavy atom. The lowest BCUT2D eigenvalue weighted by atomic mass is 9.55. The summed E-state index contributed by atoms with van der Waals surface area (Å²) in [6, 6.07) is 13.9. The summed E-state index contributed by atoms with van der Waals surface area (Å²) in [6.45, 7) is 4.05. The van der Waals surface area contributed by atoms with Crippen molar-refractivity contribution in [2.24, 2.45) is 5.92 Å². The standard InChI is InChI=1S/C30H36N2O5/c1-21(33)37-30-13-12-25(31-28(36)11-10-22-4-2-6-26(34)16-22)18-29(30,24-5-3-7-27(35)17-24)14-15-32(20-30)19-23-8-9-23/h2-7,10-11,16-17,23,25,34-35H,8-9,12-15,18-20H2,1H3,(H,31,36)/t25-,29+,30+/m1/s1. The van der Waals surface area contributed by atoms with Crippen molar-refractivity contribution in [3.05, 3.63) is 65.7 Å². The maximum atomic E-state index is 12.9. The number of phenols is 2. The van der Waals surface area contributed by atoms with Crippen LogP contribution in [0.5, 0.6) is 11.5 Å². The zero-order valence-corrected chi connectivity index (χ0v) is 21.4. The van der Waals surface area contributed by atoms with E-state index < -0.39 is 11.0 Å². The molecule has 0 aromatic heterocycles. The predicted octanol–water partition coefficient (Wildman–Crippen LogP) is 4.14. The van der Waals surface area contributed by atoms with Gasteiger partial charge in [-0.1, -0.05) is 24.3 Å². The minimum absolute atomic E-state index is 0.109. The summed E-state index contributed by atoms with van der Waals surface area (Å²) in [5.74, 6) is 0.568. The lowest BCUT2D eigenvalue weighted by Crippen LogP contribution is -2.68. The van der Waals surface area contributed by atoms with E-state index in [-0.39, 0.29) is 29.4 Å². The fourth-order valence-corrected chi connectivity index (χ4v) is 6.48. The fourth-order valence-electron chi connectivity index (χ4n) is 6.48. The van der Waals surface area contributed by atoms with E-state index in [9.17, 15) is 19.8 Å². The molecule has 1 aliphatic heterocycles. The molecular weight excluding hydrogens is 468 g/mol. The highest BCUT2D eigenvalue weighted by atomic mass is 16.6. The van der Waals surface area contributed by atoms with Crippen molar-refractivity contribution in [2.75, 3.05) is 19.6 Å². The molecule has 5 rings (SSSR count). The van der Waals surface area contributed by atoms with Gasteiger partial charge >= 0.3 is 5.97 Å². The average molecular weight is 505 g/mol. The first kappa shape index (κ1) is 25.3. The van der Waals surface area contributed by atoms with Gasteiger partial charge in [0.05, 0.1) is 0 Å². The van der Waals surface area contributed by atoms with Gasteiger partial charge in [-0.05, 0) is 92.5 Å². The number of nitrogens with one attached hydrogen (secondary N) is 1. The number of rotatable bonds is 7. The highest BCUT2D eigenvalue weighted by Crippen LogP contribution is 2.54. The molecule has 2 saturated carbocycles. The Morgan fingerprint density at radius 3 is 2.54 bits per heavy atom. The zero-order valence-electron chi connectivity index (χ0n) is 21.4. The number of nitrogens with zero attached hydrogens (tertiary/aromatic N) is 1. The fraction of sp³-hybridized carbons (Fsp3) is 0.467. The second-order valence-electron chi connectivity index (χ2n) is 11.0. The van der Waals surface area contributed by atoms with Crippen LogP contribution in [0.25, 0.3) is 6.08 Å². The van der Waals surface area contributed by atoms with Gasteiger partial charge < -0.3 is 20.3 Å². The average Bonchev–Trinajstić information content (AvgIpc) is 3.67. The van der Waals surface area contributed by atoms with Crippen molar-refractivity contribution in [1.29, 1.82) is 0 Å². The number of likely N-dealkylation sites (tertiary alicyclic amines) is 1. The third kappa shape index (κ3) is 5.52. The van der Waals surface area contributed by atoms with Crippen molar-refractivity contribution in [2.45, 2.75) is 62.5 Å².